The maximum atomic E-state index is 5.89. The minimum absolute atomic E-state index is 0.942. The molecule has 1 aliphatic carbocycles. The normalized spacial score (nSPS) is 16.2. The predicted octanol–water partition coefficient (Wildman–Crippen LogP) is 4.39. The molecule has 2 aromatic rings. The summed E-state index contributed by atoms with van der Waals surface area (Å²) in [5.74, 6) is 3.77. The van der Waals surface area contributed by atoms with Crippen molar-refractivity contribution >= 4 is 16.5 Å². The zero-order chi connectivity index (χ0) is 11.7. The van der Waals surface area contributed by atoms with Gasteiger partial charge in [-0.1, -0.05) is 24.1 Å². The van der Waals surface area contributed by atoms with Gasteiger partial charge < -0.3 is 4.42 Å². The van der Waals surface area contributed by atoms with E-state index in [1.165, 1.54) is 18.4 Å². The lowest BCUT2D eigenvalue weighted by Crippen LogP contribution is -1.96. The Morgan fingerprint density at radius 1 is 1.12 bits per heavy atom. The van der Waals surface area contributed by atoms with E-state index in [-0.39, 0.29) is 0 Å². The fraction of sp³-hybridized carbons (Fsp3) is 0.250. The Kier molecular flexibility index (Phi) is 2.49. The van der Waals surface area contributed by atoms with Gasteiger partial charge in [0.05, 0.1) is 0 Å². The first-order chi connectivity index (χ1) is 8.38. The zero-order valence-electron chi connectivity index (χ0n) is 9.70. The molecule has 0 bridgehead atoms. The molecule has 0 radical (unpaired) electrons. The molecule has 0 N–H and O–H groups in total. The van der Waals surface area contributed by atoms with Crippen LogP contribution < -0.4 is 0 Å². The fourth-order valence-electron chi connectivity index (χ4n) is 2.47. The third-order valence-electron chi connectivity index (χ3n) is 3.37. The van der Waals surface area contributed by atoms with Crippen LogP contribution in [0.3, 0.4) is 0 Å². The predicted molar refractivity (Wildman–Crippen MR) is 70.4 cm³/mol. The van der Waals surface area contributed by atoms with Crippen molar-refractivity contribution in [3.8, 4) is 12.3 Å². The first kappa shape index (κ1) is 10.2. The largest absolute Gasteiger partial charge is 0.456 e. The van der Waals surface area contributed by atoms with E-state index in [0.717, 1.165) is 35.1 Å². The van der Waals surface area contributed by atoms with Gasteiger partial charge in [0.2, 0.25) is 0 Å². The quantitative estimate of drug-likeness (QED) is 0.652. The van der Waals surface area contributed by atoms with Crippen LogP contribution in [0.25, 0.3) is 16.5 Å². The van der Waals surface area contributed by atoms with Crippen molar-refractivity contribution in [3.63, 3.8) is 0 Å². The minimum Gasteiger partial charge on any atom is -0.456 e. The van der Waals surface area contributed by atoms with E-state index in [9.17, 15) is 0 Å². The lowest BCUT2D eigenvalue weighted by Gasteiger charge is -2.14. The van der Waals surface area contributed by atoms with E-state index in [1.807, 2.05) is 18.2 Å². The van der Waals surface area contributed by atoms with Gasteiger partial charge in [-0.25, -0.2) is 0 Å². The third-order valence-corrected chi connectivity index (χ3v) is 3.37. The Bertz CT molecular complexity index is 589. The number of allylic oxidation sites excluding steroid dienone is 2. The summed E-state index contributed by atoms with van der Waals surface area (Å²) in [5.41, 5.74) is 3.29. The second kappa shape index (κ2) is 4.14. The molecule has 1 aliphatic rings. The van der Waals surface area contributed by atoms with Crippen LogP contribution in [-0.4, -0.2) is 0 Å². The molecule has 17 heavy (non-hydrogen) atoms. The monoisotopic (exact) mass is 222 g/mol. The van der Waals surface area contributed by atoms with Crippen LogP contribution in [0.1, 0.15) is 31.4 Å². The molecule has 1 nitrogen and oxygen atoms in total. The Hall–Kier alpha value is -1.94. The Morgan fingerprint density at radius 3 is 2.76 bits per heavy atom. The summed E-state index contributed by atoms with van der Waals surface area (Å²) < 4.78 is 5.89. The molecule has 1 aromatic heterocycles. The van der Waals surface area contributed by atoms with Crippen LogP contribution in [0.2, 0.25) is 0 Å². The molecule has 0 unspecified atom stereocenters. The van der Waals surface area contributed by atoms with Gasteiger partial charge in [-0.15, -0.1) is 6.42 Å². The third kappa shape index (κ3) is 1.76. The molecule has 1 aromatic carbocycles. The number of hydrogen-bond acceptors (Lipinski definition) is 1. The number of benzene rings is 1. The molecular formula is C16H14O. The molecule has 1 heteroatoms. The van der Waals surface area contributed by atoms with Gasteiger partial charge >= 0.3 is 0 Å². The van der Waals surface area contributed by atoms with Crippen molar-refractivity contribution in [2.24, 2.45) is 0 Å². The molecule has 0 spiro atoms. The van der Waals surface area contributed by atoms with Gasteiger partial charge in [0.1, 0.15) is 11.3 Å². The van der Waals surface area contributed by atoms with Crippen LogP contribution >= 0.6 is 0 Å². The zero-order valence-corrected chi connectivity index (χ0v) is 9.70. The first-order valence-electron chi connectivity index (χ1n) is 6.06. The number of furan rings is 1. The van der Waals surface area contributed by atoms with Gasteiger partial charge in [0, 0.05) is 16.5 Å². The summed E-state index contributed by atoms with van der Waals surface area (Å²) in [5, 5.41) is 1.15. The summed E-state index contributed by atoms with van der Waals surface area (Å²) in [7, 11) is 0. The maximum Gasteiger partial charge on any atom is 0.134 e. The highest BCUT2D eigenvalue weighted by Gasteiger charge is 2.16. The molecule has 0 amide bonds. The second-order valence-corrected chi connectivity index (χ2v) is 4.46. The summed E-state index contributed by atoms with van der Waals surface area (Å²) >= 11 is 0. The van der Waals surface area contributed by atoms with Crippen LogP contribution in [0.5, 0.6) is 0 Å². The fourth-order valence-corrected chi connectivity index (χ4v) is 2.47. The molecular weight excluding hydrogens is 208 g/mol. The summed E-state index contributed by atoms with van der Waals surface area (Å²) in [6, 6.07) is 10.2. The average Bonchev–Trinajstić information content (AvgIpc) is 2.82. The van der Waals surface area contributed by atoms with Gasteiger partial charge in [0.15, 0.2) is 0 Å². The van der Waals surface area contributed by atoms with Gasteiger partial charge in [-0.3, -0.25) is 0 Å². The van der Waals surface area contributed by atoms with E-state index in [2.05, 4.69) is 18.1 Å². The number of para-hydroxylation sites is 1. The molecule has 0 atom stereocenters. The number of rotatable bonds is 1. The Balaban J connectivity index is 2.14. The molecule has 0 saturated heterocycles. The topological polar surface area (TPSA) is 13.1 Å². The number of terminal acetylenes is 1. The van der Waals surface area contributed by atoms with E-state index >= 15 is 0 Å². The van der Waals surface area contributed by atoms with Gasteiger partial charge in [0.25, 0.3) is 0 Å². The van der Waals surface area contributed by atoms with Crippen LogP contribution in [0.4, 0.5) is 0 Å². The van der Waals surface area contributed by atoms with Crippen LogP contribution in [-0.2, 0) is 0 Å². The molecule has 0 aliphatic heterocycles. The van der Waals surface area contributed by atoms with E-state index < -0.39 is 0 Å². The number of fused-ring (bicyclic) bond motifs is 1. The van der Waals surface area contributed by atoms with Crippen molar-refractivity contribution in [3.05, 3.63) is 41.7 Å². The van der Waals surface area contributed by atoms with Crippen molar-refractivity contribution < 1.29 is 4.42 Å². The van der Waals surface area contributed by atoms with Crippen molar-refractivity contribution in [1.29, 1.82) is 0 Å². The number of hydrogen-bond donors (Lipinski definition) is 0. The average molecular weight is 222 g/mol. The SMILES string of the molecule is C#CC1=C(c2cc3ccccc3o2)CCCC1. The summed E-state index contributed by atoms with van der Waals surface area (Å²) in [6.07, 6.45) is 10.0. The van der Waals surface area contributed by atoms with Crippen molar-refractivity contribution in [2.75, 3.05) is 0 Å². The summed E-state index contributed by atoms with van der Waals surface area (Å²) in [4.78, 5) is 0. The summed E-state index contributed by atoms with van der Waals surface area (Å²) in [6.45, 7) is 0. The van der Waals surface area contributed by atoms with E-state index in [4.69, 9.17) is 10.8 Å². The first-order valence-corrected chi connectivity index (χ1v) is 6.06. The molecule has 0 saturated carbocycles. The smallest absolute Gasteiger partial charge is 0.134 e. The molecule has 1 heterocycles. The van der Waals surface area contributed by atoms with Crippen molar-refractivity contribution in [2.45, 2.75) is 25.7 Å². The standard InChI is InChI=1S/C16H14O/c1-2-12-7-3-5-9-14(12)16-11-13-8-4-6-10-15(13)17-16/h1,4,6,8,10-11H,3,5,7,9H2. The van der Waals surface area contributed by atoms with Crippen LogP contribution in [0.15, 0.2) is 40.3 Å². The lowest BCUT2D eigenvalue weighted by atomic mass is 9.90. The molecule has 3 rings (SSSR count). The van der Waals surface area contributed by atoms with Crippen LogP contribution in [0, 0.1) is 12.3 Å². The van der Waals surface area contributed by atoms with Crippen molar-refractivity contribution in [1.82, 2.24) is 0 Å². The van der Waals surface area contributed by atoms with Gasteiger partial charge in [-0.05, 0) is 37.8 Å². The minimum atomic E-state index is 0.942. The highest BCUT2D eigenvalue weighted by molar-refractivity contribution is 5.83. The Labute approximate surface area is 101 Å². The van der Waals surface area contributed by atoms with E-state index in [1.54, 1.807) is 0 Å². The highest BCUT2D eigenvalue weighted by atomic mass is 16.3. The maximum absolute atomic E-state index is 5.89. The molecule has 0 fully saturated rings. The Morgan fingerprint density at radius 2 is 1.94 bits per heavy atom. The highest BCUT2D eigenvalue weighted by Crippen LogP contribution is 2.34. The lowest BCUT2D eigenvalue weighted by molar-refractivity contribution is 0.587. The van der Waals surface area contributed by atoms with Gasteiger partial charge in [-0.2, -0.15) is 0 Å². The van der Waals surface area contributed by atoms with E-state index in [0.29, 0.717) is 0 Å². The second-order valence-electron chi connectivity index (χ2n) is 4.46. The molecule has 84 valence electrons.